The molecule has 1 fully saturated rings. The van der Waals surface area contributed by atoms with E-state index in [9.17, 15) is 9.59 Å². The first-order chi connectivity index (χ1) is 12.1. The van der Waals surface area contributed by atoms with E-state index in [-0.39, 0.29) is 23.1 Å². The Balaban J connectivity index is 1.50. The molecule has 0 bridgehead atoms. The van der Waals surface area contributed by atoms with Crippen LogP contribution in [-0.2, 0) is 0 Å². The normalized spacial score (nSPS) is 15.6. The lowest BCUT2D eigenvalue weighted by molar-refractivity contribution is 0.0670. The van der Waals surface area contributed by atoms with Gasteiger partial charge in [-0.3, -0.25) is 14.6 Å². The van der Waals surface area contributed by atoms with E-state index < -0.39 is 0 Å². The van der Waals surface area contributed by atoms with Crippen molar-refractivity contribution in [3.63, 3.8) is 0 Å². The first-order valence-electron chi connectivity index (χ1n) is 8.32. The van der Waals surface area contributed by atoms with Gasteiger partial charge in [0.25, 0.3) is 11.5 Å². The summed E-state index contributed by atoms with van der Waals surface area (Å²) in [5.74, 6) is 0.370. The van der Waals surface area contributed by atoms with Crippen molar-refractivity contribution in [2.45, 2.75) is 25.7 Å². The minimum Gasteiger partial charge on any atom is -0.351 e. The van der Waals surface area contributed by atoms with Gasteiger partial charge in [0, 0.05) is 42.4 Å². The van der Waals surface area contributed by atoms with Crippen LogP contribution in [0.15, 0.2) is 39.8 Å². The van der Waals surface area contributed by atoms with Crippen LogP contribution in [0.3, 0.4) is 0 Å². The van der Waals surface area contributed by atoms with E-state index in [2.05, 4.69) is 15.1 Å². The number of aromatic nitrogens is 3. The number of likely N-dealkylation sites (tertiary alicyclic amines) is 1. The number of hydrogen-bond acceptors (Lipinski definition) is 5. The fourth-order valence-corrected chi connectivity index (χ4v) is 3.35. The smallest absolute Gasteiger partial charge is 0.292 e. The molecule has 0 atom stereocenters. The number of amides is 1. The zero-order valence-electron chi connectivity index (χ0n) is 13.9. The molecule has 1 aliphatic heterocycles. The number of piperidine rings is 1. The Hall–Kier alpha value is -2.96. The number of carbonyl (C=O) groups is 1. The summed E-state index contributed by atoms with van der Waals surface area (Å²) in [5.41, 5.74) is 1.90. The van der Waals surface area contributed by atoms with E-state index in [1.807, 2.05) is 18.2 Å². The van der Waals surface area contributed by atoms with E-state index in [4.69, 9.17) is 4.52 Å². The van der Waals surface area contributed by atoms with Crippen LogP contribution in [0.1, 0.15) is 40.7 Å². The molecule has 1 amide bonds. The monoisotopic (exact) mass is 338 g/mol. The van der Waals surface area contributed by atoms with Gasteiger partial charge in [-0.15, -0.1) is 0 Å². The van der Waals surface area contributed by atoms with Crippen molar-refractivity contribution in [1.82, 2.24) is 20.0 Å². The molecule has 1 N–H and O–H groups in total. The van der Waals surface area contributed by atoms with Gasteiger partial charge in [-0.2, -0.15) is 0 Å². The van der Waals surface area contributed by atoms with Crippen molar-refractivity contribution < 1.29 is 9.32 Å². The molecule has 0 unspecified atom stereocenters. The molecule has 0 radical (unpaired) electrons. The average molecular weight is 338 g/mol. The second-order valence-corrected chi connectivity index (χ2v) is 6.39. The number of aryl methyl sites for hydroxylation is 1. The lowest BCUT2D eigenvalue weighted by atomic mass is 9.92. The summed E-state index contributed by atoms with van der Waals surface area (Å²) in [6.45, 7) is 3.03. The third-order valence-corrected chi connectivity index (χ3v) is 4.68. The van der Waals surface area contributed by atoms with Gasteiger partial charge in [0.05, 0.1) is 5.69 Å². The van der Waals surface area contributed by atoms with E-state index in [1.165, 1.54) is 0 Å². The van der Waals surface area contributed by atoms with Crippen molar-refractivity contribution in [1.29, 1.82) is 0 Å². The quantitative estimate of drug-likeness (QED) is 0.773. The molecular formula is C18H18N4O3. The number of aromatic amines is 1. The molecule has 1 saturated heterocycles. The molecule has 3 aromatic rings. The third kappa shape index (κ3) is 2.93. The number of rotatable bonds is 2. The van der Waals surface area contributed by atoms with Gasteiger partial charge in [0.1, 0.15) is 5.52 Å². The first-order valence-corrected chi connectivity index (χ1v) is 8.32. The molecular weight excluding hydrogens is 320 g/mol. The molecule has 0 spiro atoms. The average Bonchev–Trinajstić information content (AvgIpc) is 3.07. The molecule has 4 rings (SSSR count). The van der Waals surface area contributed by atoms with Crippen LogP contribution in [0.2, 0.25) is 0 Å². The Morgan fingerprint density at radius 2 is 2.12 bits per heavy atom. The van der Waals surface area contributed by atoms with Crippen molar-refractivity contribution in [2.75, 3.05) is 13.1 Å². The molecule has 128 valence electrons. The lowest BCUT2D eigenvalue weighted by Crippen LogP contribution is -2.38. The number of fused-ring (bicyclic) bond motifs is 1. The summed E-state index contributed by atoms with van der Waals surface area (Å²) in [6, 6.07) is 7.37. The van der Waals surface area contributed by atoms with Gasteiger partial charge in [-0.25, -0.2) is 0 Å². The summed E-state index contributed by atoms with van der Waals surface area (Å²) in [7, 11) is 0. The van der Waals surface area contributed by atoms with Gasteiger partial charge in [-0.1, -0.05) is 11.2 Å². The Kier molecular flexibility index (Phi) is 3.83. The van der Waals surface area contributed by atoms with Crippen molar-refractivity contribution in [2.24, 2.45) is 0 Å². The zero-order valence-corrected chi connectivity index (χ0v) is 13.9. The van der Waals surface area contributed by atoms with E-state index >= 15 is 0 Å². The Bertz CT molecular complexity index is 983. The maximum Gasteiger partial charge on any atom is 0.292 e. The maximum absolute atomic E-state index is 12.4. The molecule has 7 nitrogen and oxygen atoms in total. The highest BCUT2D eigenvalue weighted by atomic mass is 16.5. The molecule has 7 heteroatoms. The summed E-state index contributed by atoms with van der Waals surface area (Å²) in [4.78, 5) is 33.5. The van der Waals surface area contributed by atoms with Crippen LogP contribution in [0.25, 0.3) is 10.9 Å². The number of pyridine rings is 2. The largest absolute Gasteiger partial charge is 0.351 e. The highest BCUT2D eigenvalue weighted by molar-refractivity contribution is 5.91. The van der Waals surface area contributed by atoms with E-state index in [0.29, 0.717) is 24.3 Å². The van der Waals surface area contributed by atoms with Crippen LogP contribution >= 0.6 is 0 Å². The van der Waals surface area contributed by atoms with Crippen molar-refractivity contribution in [3.05, 3.63) is 58.0 Å². The van der Waals surface area contributed by atoms with Gasteiger partial charge in [-0.05, 0) is 31.9 Å². The SMILES string of the molecule is Cc1cc(C(=O)N2CCC(c3cc4cccnc4c(=O)[nH]3)CC2)on1. The minimum absolute atomic E-state index is 0.129. The Labute approximate surface area is 143 Å². The van der Waals surface area contributed by atoms with Crippen LogP contribution in [-0.4, -0.2) is 39.0 Å². The second-order valence-electron chi connectivity index (χ2n) is 6.39. The molecule has 0 aromatic carbocycles. The van der Waals surface area contributed by atoms with E-state index in [1.54, 1.807) is 24.1 Å². The van der Waals surface area contributed by atoms with Gasteiger partial charge in [0.2, 0.25) is 5.76 Å². The Morgan fingerprint density at radius 1 is 1.32 bits per heavy atom. The second kappa shape index (κ2) is 6.16. The fourth-order valence-electron chi connectivity index (χ4n) is 3.35. The predicted octanol–water partition coefficient (Wildman–Crippen LogP) is 2.24. The highest BCUT2D eigenvalue weighted by Gasteiger charge is 2.27. The highest BCUT2D eigenvalue weighted by Crippen LogP contribution is 2.28. The number of carbonyl (C=O) groups excluding carboxylic acids is 1. The molecule has 0 saturated carbocycles. The summed E-state index contributed by atoms with van der Waals surface area (Å²) < 4.78 is 5.06. The molecule has 1 aliphatic rings. The molecule has 4 heterocycles. The van der Waals surface area contributed by atoms with Crippen molar-refractivity contribution in [3.8, 4) is 0 Å². The van der Waals surface area contributed by atoms with Crippen LogP contribution in [0.5, 0.6) is 0 Å². The van der Waals surface area contributed by atoms with E-state index in [0.717, 1.165) is 23.9 Å². The maximum atomic E-state index is 12.4. The van der Waals surface area contributed by atoms with Crippen LogP contribution < -0.4 is 5.56 Å². The Morgan fingerprint density at radius 3 is 2.84 bits per heavy atom. The van der Waals surface area contributed by atoms with Gasteiger partial charge < -0.3 is 14.4 Å². The third-order valence-electron chi connectivity index (χ3n) is 4.68. The van der Waals surface area contributed by atoms with Crippen molar-refractivity contribution >= 4 is 16.8 Å². The summed E-state index contributed by atoms with van der Waals surface area (Å²) in [5, 5.41) is 4.61. The number of nitrogens with zero attached hydrogens (tertiary/aromatic N) is 3. The summed E-state index contributed by atoms with van der Waals surface area (Å²) in [6.07, 6.45) is 3.20. The first kappa shape index (κ1) is 15.6. The molecule has 0 aliphatic carbocycles. The number of hydrogen-bond donors (Lipinski definition) is 1. The number of nitrogens with one attached hydrogen (secondary N) is 1. The predicted molar refractivity (Wildman–Crippen MR) is 91.5 cm³/mol. The topological polar surface area (TPSA) is 92.1 Å². The molecule has 3 aromatic heterocycles. The minimum atomic E-state index is -0.163. The standard InChI is InChI=1S/C18H18N4O3/c1-11-9-15(25-21-11)18(24)22-7-4-12(5-8-22)14-10-13-3-2-6-19-16(13)17(23)20-14/h2-3,6,9-10,12H,4-5,7-8H2,1H3,(H,20,23). The van der Waals surface area contributed by atoms with Gasteiger partial charge >= 0.3 is 0 Å². The lowest BCUT2D eigenvalue weighted by Gasteiger charge is -2.31. The summed E-state index contributed by atoms with van der Waals surface area (Å²) >= 11 is 0. The fraction of sp³-hybridized carbons (Fsp3) is 0.333. The number of H-pyrrole nitrogens is 1. The molecule has 25 heavy (non-hydrogen) atoms. The van der Waals surface area contributed by atoms with Crippen LogP contribution in [0, 0.1) is 6.92 Å². The van der Waals surface area contributed by atoms with Crippen LogP contribution in [0.4, 0.5) is 0 Å². The zero-order chi connectivity index (χ0) is 17.4. The van der Waals surface area contributed by atoms with Gasteiger partial charge in [0.15, 0.2) is 0 Å².